The maximum atomic E-state index is 12.8. The number of halogens is 2. The first-order valence-electron chi connectivity index (χ1n) is 8.20. The van der Waals surface area contributed by atoms with Gasteiger partial charge in [-0.2, -0.15) is 0 Å². The minimum absolute atomic E-state index is 0. The van der Waals surface area contributed by atoms with Gasteiger partial charge in [0.25, 0.3) is 5.91 Å². The normalized spacial score (nSPS) is 27.7. The van der Waals surface area contributed by atoms with Crippen molar-refractivity contribution in [2.45, 2.75) is 38.3 Å². The Labute approximate surface area is 157 Å². The summed E-state index contributed by atoms with van der Waals surface area (Å²) in [7, 11) is 0. The third-order valence-electron chi connectivity index (χ3n) is 5.58. The van der Waals surface area contributed by atoms with Gasteiger partial charge >= 0.3 is 0 Å². The highest BCUT2D eigenvalue weighted by atomic mass is 35.5. The second kappa shape index (κ2) is 6.49. The van der Waals surface area contributed by atoms with E-state index in [0.717, 1.165) is 28.1 Å². The molecule has 1 aromatic carbocycles. The largest absolute Gasteiger partial charge is 0.346 e. The first-order chi connectivity index (χ1) is 10.9. The lowest BCUT2D eigenvalue weighted by molar-refractivity contribution is -0.0377. The van der Waals surface area contributed by atoms with E-state index < -0.39 is 0 Å². The molecule has 1 aromatic heterocycles. The smallest absolute Gasteiger partial charge is 0.261 e. The van der Waals surface area contributed by atoms with Crippen molar-refractivity contribution in [1.82, 2.24) is 10.2 Å². The zero-order chi connectivity index (χ0) is 16.2. The van der Waals surface area contributed by atoms with Gasteiger partial charge in [0, 0.05) is 21.3 Å². The quantitative estimate of drug-likeness (QED) is 0.821. The molecule has 3 fully saturated rings. The van der Waals surface area contributed by atoms with E-state index in [1.165, 1.54) is 24.2 Å². The predicted octanol–water partition coefficient (Wildman–Crippen LogP) is 4.58. The van der Waals surface area contributed by atoms with Gasteiger partial charge in [-0.25, -0.2) is 0 Å². The Kier molecular flexibility index (Phi) is 4.86. The van der Waals surface area contributed by atoms with Gasteiger partial charge in [-0.05, 0) is 75.3 Å². The molecule has 1 atom stereocenters. The van der Waals surface area contributed by atoms with Crippen molar-refractivity contribution in [3.8, 4) is 0 Å². The molecule has 4 heterocycles. The Balaban J connectivity index is 0.00000169. The molecule has 6 heteroatoms. The van der Waals surface area contributed by atoms with Crippen LogP contribution < -0.4 is 5.32 Å². The number of nitrogens with zero attached hydrogens (tertiary/aromatic N) is 1. The van der Waals surface area contributed by atoms with E-state index in [4.69, 9.17) is 11.6 Å². The number of amides is 1. The van der Waals surface area contributed by atoms with Crippen LogP contribution in [0.4, 0.5) is 0 Å². The number of thiophene rings is 1. The number of fused-ring (bicyclic) bond motifs is 4. The number of nitrogens with one attached hydrogen (secondary N) is 1. The first-order valence-corrected chi connectivity index (χ1v) is 9.39. The van der Waals surface area contributed by atoms with Crippen LogP contribution in [0, 0.1) is 5.92 Å². The fourth-order valence-corrected chi connectivity index (χ4v) is 5.34. The van der Waals surface area contributed by atoms with E-state index in [2.05, 4.69) is 24.1 Å². The summed E-state index contributed by atoms with van der Waals surface area (Å²) in [5, 5.41) is 5.08. The molecule has 1 amide bonds. The Bertz CT molecular complexity index is 765. The van der Waals surface area contributed by atoms with Crippen molar-refractivity contribution in [3.63, 3.8) is 0 Å². The number of hydrogen-bond acceptors (Lipinski definition) is 3. The second-order valence-electron chi connectivity index (χ2n) is 7.22. The summed E-state index contributed by atoms with van der Waals surface area (Å²) in [6.07, 6.45) is 2.38. The van der Waals surface area contributed by atoms with Crippen LogP contribution in [-0.2, 0) is 0 Å². The third-order valence-corrected chi connectivity index (χ3v) is 6.93. The molecule has 2 aromatic rings. The van der Waals surface area contributed by atoms with Crippen LogP contribution >= 0.6 is 35.3 Å². The number of piperidine rings is 3. The molecule has 24 heavy (non-hydrogen) atoms. The molecule has 130 valence electrons. The molecule has 3 aliphatic heterocycles. The summed E-state index contributed by atoms with van der Waals surface area (Å²) in [5.41, 5.74) is 0.0385. The van der Waals surface area contributed by atoms with Gasteiger partial charge in [-0.3, -0.25) is 9.69 Å². The summed E-state index contributed by atoms with van der Waals surface area (Å²) >= 11 is 7.58. The lowest BCUT2D eigenvalue weighted by Gasteiger charge is -2.56. The Morgan fingerprint density at radius 1 is 1.29 bits per heavy atom. The molecule has 2 bridgehead atoms. The zero-order valence-electron chi connectivity index (χ0n) is 13.8. The van der Waals surface area contributed by atoms with Crippen LogP contribution in [0.25, 0.3) is 10.1 Å². The SMILES string of the molecule is CC1(C)C(NC(=O)c2cc3cc(Cl)ccc3s2)C2CCN1CC2.Cl. The molecule has 3 saturated heterocycles. The van der Waals surface area contributed by atoms with Gasteiger partial charge in [0.05, 0.1) is 4.88 Å². The molecule has 1 N–H and O–H groups in total. The topological polar surface area (TPSA) is 32.3 Å². The van der Waals surface area contributed by atoms with Crippen molar-refractivity contribution < 1.29 is 4.79 Å². The summed E-state index contributed by atoms with van der Waals surface area (Å²) < 4.78 is 1.10. The van der Waals surface area contributed by atoms with E-state index in [-0.39, 0.29) is 29.9 Å². The number of hydrogen-bond donors (Lipinski definition) is 1. The van der Waals surface area contributed by atoms with Crippen LogP contribution in [0.1, 0.15) is 36.4 Å². The fourth-order valence-electron chi connectivity index (χ4n) is 4.22. The molecular weight excluding hydrogens is 363 g/mol. The lowest BCUT2D eigenvalue weighted by atomic mass is 9.72. The third kappa shape index (κ3) is 2.94. The van der Waals surface area contributed by atoms with Crippen molar-refractivity contribution >= 4 is 51.3 Å². The van der Waals surface area contributed by atoms with Crippen molar-refractivity contribution in [2.24, 2.45) is 5.92 Å². The average Bonchev–Trinajstić information content (AvgIpc) is 2.94. The van der Waals surface area contributed by atoms with Crippen LogP contribution in [0.5, 0.6) is 0 Å². The Morgan fingerprint density at radius 2 is 2.00 bits per heavy atom. The highest BCUT2D eigenvalue weighted by Gasteiger charge is 2.48. The Hall–Kier alpha value is -0.810. The van der Waals surface area contributed by atoms with E-state index in [1.807, 2.05) is 24.3 Å². The number of rotatable bonds is 2. The maximum Gasteiger partial charge on any atom is 0.261 e. The highest BCUT2D eigenvalue weighted by Crippen LogP contribution is 2.39. The van der Waals surface area contributed by atoms with Crippen LogP contribution in [0.2, 0.25) is 5.02 Å². The van der Waals surface area contributed by atoms with Gasteiger partial charge in [-0.1, -0.05) is 11.6 Å². The molecule has 0 aliphatic carbocycles. The van der Waals surface area contributed by atoms with Crippen LogP contribution in [0.3, 0.4) is 0 Å². The van der Waals surface area contributed by atoms with Crippen molar-refractivity contribution in [3.05, 3.63) is 34.2 Å². The standard InChI is InChI=1S/C18H21ClN2OS.ClH/c1-18(2)16(11-5-7-21(18)8-6-11)20-17(22)15-10-12-9-13(19)3-4-14(12)23-15;/h3-4,9-11,16H,5-8H2,1-2H3,(H,20,22);1H. The van der Waals surface area contributed by atoms with E-state index in [0.29, 0.717) is 10.9 Å². The molecule has 3 aliphatic rings. The van der Waals surface area contributed by atoms with Crippen molar-refractivity contribution in [1.29, 1.82) is 0 Å². The minimum atomic E-state index is 0. The van der Waals surface area contributed by atoms with Crippen LogP contribution in [0.15, 0.2) is 24.3 Å². The second-order valence-corrected chi connectivity index (χ2v) is 8.74. The van der Waals surface area contributed by atoms with E-state index >= 15 is 0 Å². The molecule has 1 unspecified atom stereocenters. The summed E-state index contributed by atoms with van der Waals surface area (Å²) in [6.45, 7) is 6.83. The Morgan fingerprint density at radius 3 is 2.67 bits per heavy atom. The van der Waals surface area contributed by atoms with Gasteiger partial charge in [-0.15, -0.1) is 23.7 Å². The van der Waals surface area contributed by atoms with Gasteiger partial charge in [0.2, 0.25) is 0 Å². The minimum Gasteiger partial charge on any atom is -0.346 e. The monoisotopic (exact) mass is 384 g/mol. The number of benzene rings is 1. The highest BCUT2D eigenvalue weighted by molar-refractivity contribution is 7.20. The fraction of sp³-hybridized carbons (Fsp3) is 0.500. The molecule has 3 nitrogen and oxygen atoms in total. The molecule has 0 radical (unpaired) electrons. The lowest BCUT2D eigenvalue weighted by Crippen LogP contribution is -2.69. The van der Waals surface area contributed by atoms with Crippen molar-refractivity contribution in [2.75, 3.05) is 13.1 Å². The van der Waals surface area contributed by atoms with E-state index in [9.17, 15) is 4.79 Å². The molecule has 0 saturated carbocycles. The predicted molar refractivity (Wildman–Crippen MR) is 104 cm³/mol. The average molecular weight is 385 g/mol. The van der Waals surface area contributed by atoms with Gasteiger partial charge in [0.15, 0.2) is 0 Å². The molecule has 0 spiro atoms. The summed E-state index contributed by atoms with van der Waals surface area (Å²) in [4.78, 5) is 16.1. The number of carbonyl (C=O) groups is 1. The number of carbonyl (C=O) groups excluding carboxylic acids is 1. The van der Waals surface area contributed by atoms with E-state index in [1.54, 1.807) is 0 Å². The molecule has 5 rings (SSSR count). The molecular formula is C18H22Cl2N2OS. The van der Waals surface area contributed by atoms with Gasteiger partial charge < -0.3 is 5.32 Å². The summed E-state index contributed by atoms with van der Waals surface area (Å²) in [6, 6.07) is 7.96. The first kappa shape index (κ1) is 18.0. The van der Waals surface area contributed by atoms with Crippen LogP contribution in [-0.4, -0.2) is 35.5 Å². The summed E-state index contributed by atoms with van der Waals surface area (Å²) in [5.74, 6) is 0.650. The van der Waals surface area contributed by atoms with Gasteiger partial charge in [0.1, 0.15) is 0 Å². The maximum absolute atomic E-state index is 12.8. The zero-order valence-corrected chi connectivity index (χ0v) is 16.2.